The third kappa shape index (κ3) is 8.61. The number of carbonyl (C=O) groups is 2. The Morgan fingerprint density at radius 2 is 1.86 bits per heavy atom. The highest BCUT2D eigenvalue weighted by Gasteiger charge is 2.32. The summed E-state index contributed by atoms with van der Waals surface area (Å²) in [4.78, 5) is 25.3. The van der Waals surface area contributed by atoms with Crippen molar-refractivity contribution >= 4 is 69.6 Å². The predicted octanol–water partition coefficient (Wildman–Crippen LogP) is 5.42. The van der Waals surface area contributed by atoms with Gasteiger partial charge in [-0.15, -0.1) is 0 Å². The molecule has 0 bridgehead atoms. The molecule has 1 heterocycles. The third-order valence-corrected chi connectivity index (χ3v) is 7.52. The number of para-hydroxylation sites is 1. The highest BCUT2D eigenvalue weighted by Crippen LogP contribution is 2.37. The predicted molar refractivity (Wildman–Crippen MR) is 180 cm³/mol. The summed E-state index contributed by atoms with van der Waals surface area (Å²) in [5.74, 6) is 0.231. The summed E-state index contributed by atoms with van der Waals surface area (Å²) in [5, 5.41) is 10.8. The van der Waals surface area contributed by atoms with Gasteiger partial charge in [-0.25, -0.2) is 10.2 Å². The Morgan fingerprint density at radius 3 is 2.59 bits per heavy atom. The summed E-state index contributed by atoms with van der Waals surface area (Å²) >= 11 is 14.0. The highest BCUT2D eigenvalue weighted by atomic mass is 127. The van der Waals surface area contributed by atoms with E-state index in [-0.39, 0.29) is 13.2 Å². The van der Waals surface area contributed by atoms with Crippen molar-refractivity contribution < 1.29 is 28.5 Å². The van der Waals surface area contributed by atoms with Crippen molar-refractivity contribution in [2.45, 2.75) is 26.5 Å². The molecule has 1 atom stereocenters. The lowest BCUT2D eigenvalue weighted by molar-refractivity contribution is -0.139. The number of ether oxygens (including phenoxy) is 4. The van der Waals surface area contributed by atoms with E-state index in [1.165, 1.54) is 13.3 Å². The van der Waals surface area contributed by atoms with Gasteiger partial charge in [0.25, 0.3) is 5.91 Å². The fraction of sp³-hybridized carbons (Fsp3) is 0.226. The maximum absolute atomic E-state index is 12.7. The first-order valence-corrected chi connectivity index (χ1v) is 15.3. The molecule has 0 radical (unpaired) electrons. The van der Waals surface area contributed by atoms with E-state index in [0.717, 1.165) is 9.13 Å². The zero-order valence-corrected chi connectivity index (χ0v) is 27.8. The van der Waals surface area contributed by atoms with Crippen LogP contribution < -0.4 is 30.3 Å². The molecule has 3 N–H and O–H groups in total. The lowest BCUT2D eigenvalue weighted by atomic mass is 9.95. The maximum atomic E-state index is 12.7. The molecule has 0 saturated carbocycles. The van der Waals surface area contributed by atoms with E-state index in [1.807, 2.05) is 24.3 Å². The fourth-order valence-corrected chi connectivity index (χ4v) is 5.21. The maximum Gasteiger partial charge on any atom is 0.338 e. The number of rotatable bonds is 12. The van der Waals surface area contributed by atoms with Crippen molar-refractivity contribution in [2.24, 2.45) is 5.10 Å². The number of thiocarbonyl (C=S) groups is 1. The van der Waals surface area contributed by atoms with Crippen LogP contribution in [-0.2, 0) is 20.9 Å². The Morgan fingerprint density at radius 1 is 1.11 bits per heavy atom. The van der Waals surface area contributed by atoms with Gasteiger partial charge in [0.1, 0.15) is 12.4 Å². The number of benzene rings is 3. The Bertz CT molecular complexity index is 1600. The van der Waals surface area contributed by atoms with Crippen LogP contribution in [0, 0.1) is 3.57 Å². The number of hydrazone groups is 1. The average Bonchev–Trinajstić information content (AvgIpc) is 3.00. The minimum Gasteiger partial charge on any atom is -0.493 e. The molecule has 4 rings (SSSR count). The summed E-state index contributed by atoms with van der Waals surface area (Å²) in [6.07, 6.45) is 1.43. The van der Waals surface area contributed by atoms with E-state index in [9.17, 15) is 9.59 Å². The van der Waals surface area contributed by atoms with Gasteiger partial charge in [-0.2, -0.15) is 5.10 Å². The monoisotopic (exact) mass is 748 g/mol. The van der Waals surface area contributed by atoms with Crippen LogP contribution >= 0.6 is 46.4 Å². The third-order valence-electron chi connectivity index (χ3n) is 6.30. The molecule has 0 fully saturated rings. The molecule has 230 valence electrons. The summed E-state index contributed by atoms with van der Waals surface area (Å²) in [7, 11) is 1.51. The van der Waals surface area contributed by atoms with Crippen LogP contribution in [0.3, 0.4) is 0 Å². The van der Waals surface area contributed by atoms with Crippen molar-refractivity contribution in [3.8, 4) is 17.2 Å². The van der Waals surface area contributed by atoms with Crippen LogP contribution in [-0.4, -0.2) is 43.5 Å². The Balaban J connectivity index is 1.39. The number of methoxy groups -OCH3 is 1. The van der Waals surface area contributed by atoms with E-state index >= 15 is 0 Å². The number of nitrogens with zero attached hydrogens (tertiary/aromatic N) is 1. The fourth-order valence-electron chi connectivity index (χ4n) is 4.30. The number of carbonyl (C=O) groups excluding carboxylic acids is 2. The largest absolute Gasteiger partial charge is 0.493 e. The summed E-state index contributed by atoms with van der Waals surface area (Å²) in [6, 6.07) is 17.7. The molecule has 44 heavy (non-hydrogen) atoms. The standard InChI is InChI=1S/C31H30ClIN4O6S/c1-4-41-30(39)27-18(2)35-31(44)36-28(27)22-7-5-6-8-24(22)42-17-26(38)37-34-15-20-13-23(32)29(25(14-20)40-3)43-16-19-9-11-21(33)12-10-19/h5-15,28H,4,16-17H2,1-3H3,(H,37,38)(H2,35,36,44)/t28-/m0/s1. The lowest BCUT2D eigenvalue weighted by Gasteiger charge is -2.30. The number of amides is 1. The number of hydrogen-bond acceptors (Lipinski definition) is 8. The van der Waals surface area contributed by atoms with Gasteiger partial charge in [0.05, 0.1) is 36.6 Å². The van der Waals surface area contributed by atoms with Gasteiger partial charge in [0.2, 0.25) is 0 Å². The molecule has 1 aliphatic rings. The molecule has 1 aliphatic heterocycles. The quantitative estimate of drug-likeness (QED) is 0.0734. The SMILES string of the molecule is CCOC(=O)C1=C(C)NC(=S)N[C@H]1c1ccccc1OCC(=O)NN=Cc1cc(Cl)c(OCc2ccc(I)cc2)c(OC)c1. The zero-order valence-electron chi connectivity index (χ0n) is 24.1. The smallest absolute Gasteiger partial charge is 0.338 e. The first kappa shape index (κ1) is 33.0. The molecule has 0 aromatic heterocycles. The molecule has 3 aromatic carbocycles. The van der Waals surface area contributed by atoms with E-state index in [2.05, 4.69) is 43.8 Å². The molecule has 13 heteroatoms. The topological polar surface area (TPSA) is 120 Å². The summed E-state index contributed by atoms with van der Waals surface area (Å²) in [6.45, 7) is 3.68. The molecule has 0 saturated heterocycles. The van der Waals surface area contributed by atoms with Crippen LogP contribution in [0.4, 0.5) is 0 Å². The molecule has 0 spiro atoms. The Labute approximate surface area is 279 Å². The van der Waals surface area contributed by atoms with E-state index in [1.54, 1.807) is 50.2 Å². The first-order valence-electron chi connectivity index (χ1n) is 13.4. The molecule has 0 aliphatic carbocycles. The number of esters is 1. The van der Waals surface area contributed by atoms with Gasteiger partial charge in [-0.1, -0.05) is 41.9 Å². The molecular formula is C31H30ClIN4O6S. The highest BCUT2D eigenvalue weighted by molar-refractivity contribution is 14.1. The van der Waals surface area contributed by atoms with E-state index in [0.29, 0.717) is 56.4 Å². The zero-order chi connectivity index (χ0) is 31.6. The van der Waals surface area contributed by atoms with Crippen molar-refractivity contribution in [1.82, 2.24) is 16.1 Å². The minimum atomic E-state index is -0.636. The lowest BCUT2D eigenvalue weighted by Crippen LogP contribution is -2.45. The number of nitrogens with one attached hydrogen (secondary N) is 3. The van der Waals surface area contributed by atoms with Crippen LogP contribution in [0.1, 0.15) is 36.6 Å². The van der Waals surface area contributed by atoms with Crippen molar-refractivity contribution in [2.75, 3.05) is 20.3 Å². The van der Waals surface area contributed by atoms with Crippen molar-refractivity contribution in [3.05, 3.63) is 97.2 Å². The first-order chi connectivity index (χ1) is 21.2. The van der Waals surface area contributed by atoms with Gasteiger partial charge >= 0.3 is 5.97 Å². The van der Waals surface area contributed by atoms with Crippen LogP contribution in [0.2, 0.25) is 5.02 Å². The van der Waals surface area contributed by atoms with Crippen LogP contribution in [0.25, 0.3) is 0 Å². The van der Waals surface area contributed by atoms with Crippen LogP contribution in [0.5, 0.6) is 17.2 Å². The molecular weight excluding hydrogens is 719 g/mol. The number of hydrogen-bond donors (Lipinski definition) is 3. The van der Waals surface area contributed by atoms with Gasteiger partial charge in [0, 0.05) is 14.8 Å². The van der Waals surface area contributed by atoms with Gasteiger partial charge in [-0.3, -0.25) is 4.79 Å². The van der Waals surface area contributed by atoms with Gasteiger partial charge in [-0.05, 0) is 90.1 Å². The van der Waals surface area contributed by atoms with E-state index < -0.39 is 17.9 Å². The van der Waals surface area contributed by atoms with Crippen LogP contribution in [0.15, 0.2) is 77.0 Å². The van der Waals surface area contributed by atoms with Gasteiger partial charge < -0.3 is 29.6 Å². The second-order valence-electron chi connectivity index (χ2n) is 9.36. The Kier molecular flexibility index (Phi) is 11.8. The minimum absolute atomic E-state index is 0.219. The average molecular weight is 749 g/mol. The normalized spacial score (nSPS) is 14.5. The van der Waals surface area contributed by atoms with Gasteiger partial charge in [0.15, 0.2) is 23.2 Å². The summed E-state index contributed by atoms with van der Waals surface area (Å²) in [5.41, 5.74) is 5.56. The molecule has 10 nitrogen and oxygen atoms in total. The van der Waals surface area contributed by atoms with Crippen molar-refractivity contribution in [3.63, 3.8) is 0 Å². The second-order valence-corrected chi connectivity index (χ2v) is 11.4. The molecule has 0 unspecified atom stereocenters. The summed E-state index contributed by atoms with van der Waals surface area (Å²) < 4.78 is 23.6. The molecule has 3 aromatic rings. The number of allylic oxidation sites excluding steroid dienone is 1. The van der Waals surface area contributed by atoms with E-state index in [4.69, 9.17) is 42.8 Å². The van der Waals surface area contributed by atoms with Crippen molar-refractivity contribution in [1.29, 1.82) is 0 Å². The molecule has 1 amide bonds. The number of halogens is 2. The second kappa shape index (κ2) is 15.7. The Hall–Kier alpha value is -3.88.